The Morgan fingerprint density at radius 2 is 2.07 bits per heavy atom. The Labute approximate surface area is 173 Å². The number of benzene rings is 2. The minimum absolute atomic E-state index is 0.0251. The molecule has 4 aromatic rings. The second-order valence-corrected chi connectivity index (χ2v) is 7.80. The number of aromatic nitrogens is 4. The van der Waals surface area contributed by atoms with Crippen molar-refractivity contribution in [3.63, 3.8) is 0 Å². The van der Waals surface area contributed by atoms with Crippen LogP contribution in [-0.2, 0) is 13.0 Å². The number of urea groups is 1. The van der Waals surface area contributed by atoms with Crippen LogP contribution in [0.1, 0.15) is 37.2 Å². The number of hydrogen-bond acceptors (Lipinski definition) is 5. The number of nitrogens with zero attached hydrogens (tertiary/aromatic N) is 4. The van der Waals surface area contributed by atoms with Crippen molar-refractivity contribution in [1.82, 2.24) is 30.3 Å². The van der Waals surface area contributed by atoms with E-state index in [0.29, 0.717) is 24.7 Å². The molecule has 0 saturated carbocycles. The van der Waals surface area contributed by atoms with Gasteiger partial charge in [-0.15, -0.1) is 0 Å². The van der Waals surface area contributed by atoms with Crippen LogP contribution in [-0.4, -0.2) is 37.1 Å². The van der Waals surface area contributed by atoms with Gasteiger partial charge in [-0.25, -0.2) is 9.78 Å². The van der Waals surface area contributed by atoms with Crippen molar-refractivity contribution in [1.29, 1.82) is 0 Å². The molecule has 2 amide bonds. The van der Waals surface area contributed by atoms with Gasteiger partial charge in [0.05, 0.1) is 24.3 Å². The predicted molar refractivity (Wildman–Crippen MR) is 111 cm³/mol. The lowest BCUT2D eigenvalue weighted by molar-refractivity contribution is 0.142. The van der Waals surface area contributed by atoms with Crippen LogP contribution in [0.3, 0.4) is 0 Å². The Balaban J connectivity index is 1.48. The van der Waals surface area contributed by atoms with E-state index in [1.54, 1.807) is 11.2 Å². The molecule has 0 unspecified atom stereocenters. The molecule has 1 aliphatic rings. The second-order valence-electron chi connectivity index (χ2n) is 7.80. The molecule has 152 valence electrons. The van der Waals surface area contributed by atoms with Crippen molar-refractivity contribution in [3.05, 3.63) is 66.1 Å². The zero-order valence-corrected chi connectivity index (χ0v) is 16.8. The zero-order valence-electron chi connectivity index (χ0n) is 16.8. The Kier molecular flexibility index (Phi) is 4.46. The van der Waals surface area contributed by atoms with Crippen molar-refractivity contribution < 1.29 is 9.32 Å². The molecule has 1 atom stereocenters. The van der Waals surface area contributed by atoms with Gasteiger partial charge in [-0.1, -0.05) is 41.6 Å². The predicted octanol–water partition coefficient (Wildman–Crippen LogP) is 3.83. The van der Waals surface area contributed by atoms with E-state index in [9.17, 15) is 4.79 Å². The highest BCUT2D eigenvalue weighted by molar-refractivity contribution is 5.86. The molecule has 2 N–H and O–H groups in total. The molecule has 0 saturated heterocycles. The summed E-state index contributed by atoms with van der Waals surface area (Å²) in [5.41, 5.74) is 2.72. The van der Waals surface area contributed by atoms with E-state index in [2.05, 4.69) is 37.6 Å². The Hall–Kier alpha value is -3.68. The van der Waals surface area contributed by atoms with Gasteiger partial charge in [-0.05, 0) is 30.7 Å². The van der Waals surface area contributed by atoms with Crippen molar-refractivity contribution in [2.75, 3.05) is 0 Å². The maximum absolute atomic E-state index is 12.8. The summed E-state index contributed by atoms with van der Waals surface area (Å²) >= 11 is 0. The van der Waals surface area contributed by atoms with Crippen LogP contribution >= 0.6 is 0 Å². The fourth-order valence-electron chi connectivity index (χ4n) is 3.82. The van der Waals surface area contributed by atoms with Crippen LogP contribution < -0.4 is 5.32 Å². The third kappa shape index (κ3) is 3.30. The average molecular weight is 402 g/mol. The lowest BCUT2D eigenvalue weighted by Gasteiger charge is -2.33. The van der Waals surface area contributed by atoms with E-state index >= 15 is 0 Å². The second kappa shape index (κ2) is 7.29. The van der Waals surface area contributed by atoms with Crippen LogP contribution in [0.2, 0.25) is 0 Å². The molecule has 2 aromatic carbocycles. The van der Waals surface area contributed by atoms with Crippen molar-refractivity contribution in [3.8, 4) is 11.4 Å². The molecule has 2 aromatic heterocycles. The summed E-state index contributed by atoms with van der Waals surface area (Å²) in [6, 6.07) is 13.7. The molecular formula is C22H22N6O2. The maximum Gasteiger partial charge on any atom is 0.318 e. The van der Waals surface area contributed by atoms with Gasteiger partial charge in [0.25, 0.3) is 0 Å². The Morgan fingerprint density at radius 3 is 2.90 bits per heavy atom. The van der Waals surface area contributed by atoms with Crippen molar-refractivity contribution in [2.24, 2.45) is 0 Å². The van der Waals surface area contributed by atoms with Gasteiger partial charge in [-0.2, -0.15) is 4.98 Å². The van der Waals surface area contributed by atoms with Crippen LogP contribution in [0, 0.1) is 0 Å². The van der Waals surface area contributed by atoms with Crippen molar-refractivity contribution in [2.45, 2.75) is 38.9 Å². The molecule has 8 heteroatoms. The molecule has 0 fully saturated rings. The van der Waals surface area contributed by atoms with Crippen LogP contribution in [0.4, 0.5) is 4.79 Å². The Morgan fingerprint density at radius 1 is 1.23 bits per heavy atom. The number of fused-ring (bicyclic) bond motifs is 2. The number of aromatic amines is 1. The van der Waals surface area contributed by atoms with E-state index < -0.39 is 0 Å². The number of imidazole rings is 1. The molecule has 8 nitrogen and oxygen atoms in total. The minimum atomic E-state index is -0.374. The van der Waals surface area contributed by atoms with Crippen molar-refractivity contribution >= 4 is 16.8 Å². The van der Waals surface area contributed by atoms with Gasteiger partial charge >= 0.3 is 6.03 Å². The highest BCUT2D eigenvalue weighted by Gasteiger charge is 2.36. The molecule has 0 radical (unpaired) electrons. The van der Waals surface area contributed by atoms with E-state index in [0.717, 1.165) is 27.7 Å². The van der Waals surface area contributed by atoms with E-state index in [1.165, 1.54) is 0 Å². The Bertz CT molecular complexity index is 1210. The molecule has 0 spiro atoms. The first-order valence-electron chi connectivity index (χ1n) is 9.99. The summed E-state index contributed by atoms with van der Waals surface area (Å²) in [6.45, 7) is 4.28. The van der Waals surface area contributed by atoms with Gasteiger partial charge in [-0.3, -0.25) is 0 Å². The van der Waals surface area contributed by atoms with Gasteiger partial charge in [0.15, 0.2) is 0 Å². The molecule has 0 aliphatic carbocycles. The summed E-state index contributed by atoms with van der Waals surface area (Å²) in [7, 11) is 0. The number of hydrogen-bond donors (Lipinski definition) is 2. The van der Waals surface area contributed by atoms with E-state index in [1.807, 2.05) is 44.2 Å². The number of carbonyl (C=O) groups is 1. The first-order valence-corrected chi connectivity index (χ1v) is 9.99. The molecule has 0 bridgehead atoms. The maximum atomic E-state index is 12.8. The highest BCUT2D eigenvalue weighted by atomic mass is 16.5. The standard InChI is InChI=1S/C22H22N6O2/c1-13(2)25-22(29)28-11-18-17(23-12-24-18)10-19(28)21-26-20(27-30-21)16-8-7-14-5-3-4-6-15(14)9-16/h3-9,12-13,19H,10-11H2,1-2H3,(H,23,24)(H,25,29)/t19-/m0/s1. The fourth-order valence-corrected chi connectivity index (χ4v) is 3.82. The number of carbonyl (C=O) groups excluding carboxylic acids is 1. The number of H-pyrrole nitrogens is 1. The number of amides is 2. The first-order chi connectivity index (χ1) is 14.6. The van der Waals surface area contributed by atoms with E-state index in [-0.39, 0.29) is 18.1 Å². The van der Waals surface area contributed by atoms with Gasteiger partial charge in [0.1, 0.15) is 6.04 Å². The molecule has 5 rings (SSSR count). The topological polar surface area (TPSA) is 99.9 Å². The first kappa shape index (κ1) is 18.4. The molecule has 1 aliphatic heterocycles. The normalized spacial score (nSPS) is 16.1. The lowest BCUT2D eigenvalue weighted by Crippen LogP contribution is -2.46. The smallest absolute Gasteiger partial charge is 0.318 e. The third-order valence-corrected chi connectivity index (χ3v) is 5.31. The molecular weight excluding hydrogens is 380 g/mol. The summed E-state index contributed by atoms with van der Waals surface area (Å²) in [4.78, 5) is 26.7. The zero-order chi connectivity index (χ0) is 20.7. The van der Waals surface area contributed by atoms with Gasteiger partial charge in [0, 0.05) is 18.0 Å². The van der Waals surface area contributed by atoms with E-state index in [4.69, 9.17) is 4.52 Å². The SMILES string of the molecule is CC(C)NC(=O)N1Cc2[nH]cnc2C[C@H]1c1nc(-c2ccc3ccccc3c2)no1. The number of rotatable bonds is 3. The van der Waals surface area contributed by atoms with Gasteiger partial charge < -0.3 is 19.7 Å². The summed E-state index contributed by atoms with van der Waals surface area (Å²) in [6.07, 6.45) is 2.17. The summed E-state index contributed by atoms with van der Waals surface area (Å²) < 4.78 is 5.63. The van der Waals surface area contributed by atoms with Crippen LogP contribution in [0.5, 0.6) is 0 Å². The number of nitrogens with one attached hydrogen (secondary N) is 2. The van der Waals surface area contributed by atoms with Gasteiger partial charge in [0.2, 0.25) is 11.7 Å². The monoisotopic (exact) mass is 402 g/mol. The van der Waals surface area contributed by atoms with Crippen LogP contribution in [0.25, 0.3) is 22.2 Å². The van der Waals surface area contributed by atoms with Crippen LogP contribution in [0.15, 0.2) is 53.3 Å². The molecule has 30 heavy (non-hydrogen) atoms. The third-order valence-electron chi connectivity index (χ3n) is 5.31. The highest BCUT2D eigenvalue weighted by Crippen LogP contribution is 2.32. The lowest BCUT2D eigenvalue weighted by atomic mass is 10.0. The fraction of sp³-hybridized carbons (Fsp3) is 0.273. The average Bonchev–Trinajstić information content (AvgIpc) is 3.41. The summed E-state index contributed by atoms with van der Waals surface area (Å²) in [5, 5.41) is 9.41. The quantitative estimate of drug-likeness (QED) is 0.542. The molecule has 3 heterocycles. The summed E-state index contributed by atoms with van der Waals surface area (Å²) in [5.74, 6) is 0.915. The largest absolute Gasteiger partial charge is 0.347 e. The minimum Gasteiger partial charge on any atom is -0.347 e.